The van der Waals surface area contributed by atoms with Crippen LogP contribution in [0.2, 0.25) is 0 Å². The highest BCUT2D eigenvalue weighted by Gasteiger charge is 2.32. The Morgan fingerprint density at radius 2 is 2.06 bits per heavy atom. The molecule has 2 heterocycles. The Bertz CT molecular complexity index is 556. The molecule has 18 heavy (non-hydrogen) atoms. The third-order valence-electron chi connectivity index (χ3n) is 3.61. The van der Waals surface area contributed by atoms with Gasteiger partial charge in [-0.05, 0) is 36.0 Å². The van der Waals surface area contributed by atoms with Gasteiger partial charge in [0.25, 0.3) is 0 Å². The SMILES string of the molecule is CC1(C)Cc2c(ccn2-c2ncccn2)C(N)C1. The van der Waals surface area contributed by atoms with Crippen molar-refractivity contribution in [2.75, 3.05) is 0 Å². The van der Waals surface area contributed by atoms with Crippen molar-refractivity contribution < 1.29 is 0 Å². The number of aromatic nitrogens is 3. The van der Waals surface area contributed by atoms with Crippen LogP contribution in [0.1, 0.15) is 37.6 Å². The Kier molecular flexibility index (Phi) is 2.48. The minimum Gasteiger partial charge on any atom is -0.324 e. The fraction of sp³-hybridized carbons (Fsp3) is 0.429. The molecule has 1 aliphatic carbocycles. The standard InChI is InChI=1S/C14H18N4/c1-14(2)8-11(15)10-4-7-18(12(10)9-14)13-16-5-3-6-17-13/h3-7,11H,8-9,15H2,1-2H3. The Morgan fingerprint density at radius 1 is 1.33 bits per heavy atom. The van der Waals surface area contributed by atoms with E-state index < -0.39 is 0 Å². The second kappa shape index (κ2) is 3.92. The number of fused-ring (bicyclic) bond motifs is 1. The van der Waals surface area contributed by atoms with Gasteiger partial charge in [0.05, 0.1) is 0 Å². The molecule has 1 atom stereocenters. The van der Waals surface area contributed by atoms with Gasteiger partial charge in [0.15, 0.2) is 0 Å². The second-order valence-corrected chi connectivity index (χ2v) is 5.79. The van der Waals surface area contributed by atoms with E-state index in [1.807, 2.05) is 12.3 Å². The maximum atomic E-state index is 6.26. The van der Waals surface area contributed by atoms with Crippen molar-refractivity contribution in [1.29, 1.82) is 0 Å². The largest absolute Gasteiger partial charge is 0.324 e. The fourth-order valence-corrected chi connectivity index (χ4v) is 2.84. The topological polar surface area (TPSA) is 56.7 Å². The third-order valence-corrected chi connectivity index (χ3v) is 3.61. The van der Waals surface area contributed by atoms with Gasteiger partial charge in [0, 0.05) is 30.3 Å². The lowest BCUT2D eigenvalue weighted by Crippen LogP contribution is -2.30. The van der Waals surface area contributed by atoms with Gasteiger partial charge in [0.2, 0.25) is 5.95 Å². The van der Waals surface area contributed by atoms with Crippen LogP contribution in [-0.4, -0.2) is 14.5 Å². The molecular formula is C14H18N4. The van der Waals surface area contributed by atoms with Gasteiger partial charge in [0.1, 0.15) is 0 Å². The van der Waals surface area contributed by atoms with Crippen LogP contribution in [0.25, 0.3) is 5.95 Å². The quantitative estimate of drug-likeness (QED) is 0.834. The third kappa shape index (κ3) is 1.82. The molecule has 0 saturated carbocycles. The molecule has 0 radical (unpaired) electrons. The molecule has 0 fully saturated rings. The highest BCUT2D eigenvalue weighted by molar-refractivity contribution is 5.34. The monoisotopic (exact) mass is 242 g/mol. The fourth-order valence-electron chi connectivity index (χ4n) is 2.84. The predicted molar refractivity (Wildman–Crippen MR) is 70.4 cm³/mol. The van der Waals surface area contributed by atoms with E-state index in [1.165, 1.54) is 11.3 Å². The molecule has 3 rings (SSSR count). The zero-order valence-corrected chi connectivity index (χ0v) is 10.8. The highest BCUT2D eigenvalue weighted by Crippen LogP contribution is 2.40. The number of nitrogens with zero attached hydrogens (tertiary/aromatic N) is 3. The maximum absolute atomic E-state index is 6.26. The van der Waals surface area contributed by atoms with Crippen molar-refractivity contribution in [2.45, 2.75) is 32.7 Å². The van der Waals surface area contributed by atoms with Crippen LogP contribution in [0.4, 0.5) is 0 Å². The summed E-state index contributed by atoms with van der Waals surface area (Å²) >= 11 is 0. The average molecular weight is 242 g/mol. The van der Waals surface area contributed by atoms with Crippen LogP contribution in [0.5, 0.6) is 0 Å². The van der Waals surface area contributed by atoms with Crippen LogP contribution in [0, 0.1) is 5.41 Å². The van der Waals surface area contributed by atoms with E-state index in [0.717, 1.165) is 18.8 Å². The molecular weight excluding hydrogens is 224 g/mol. The zero-order valence-electron chi connectivity index (χ0n) is 10.8. The summed E-state index contributed by atoms with van der Waals surface area (Å²) in [5.41, 5.74) is 8.99. The summed E-state index contributed by atoms with van der Waals surface area (Å²) in [7, 11) is 0. The van der Waals surface area contributed by atoms with Crippen LogP contribution in [0.15, 0.2) is 30.7 Å². The summed E-state index contributed by atoms with van der Waals surface area (Å²) < 4.78 is 2.07. The molecule has 0 saturated heterocycles. The van der Waals surface area contributed by atoms with Gasteiger partial charge in [-0.15, -0.1) is 0 Å². The van der Waals surface area contributed by atoms with Crippen molar-refractivity contribution >= 4 is 0 Å². The highest BCUT2D eigenvalue weighted by atomic mass is 15.1. The summed E-state index contributed by atoms with van der Waals surface area (Å²) in [6.45, 7) is 4.53. The molecule has 2 aromatic rings. The molecule has 0 amide bonds. The van der Waals surface area contributed by atoms with Gasteiger partial charge in [-0.3, -0.25) is 4.57 Å². The molecule has 0 aliphatic heterocycles. The normalized spacial score (nSPS) is 21.6. The van der Waals surface area contributed by atoms with E-state index in [4.69, 9.17) is 5.73 Å². The first-order valence-electron chi connectivity index (χ1n) is 6.30. The molecule has 94 valence electrons. The van der Waals surface area contributed by atoms with Crippen molar-refractivity contribution in [3.8, 4) is 5.95 Å². The summed E-state index contributed by atoms with van der Waals surface area (Å²) in [6, 6.07) is 4.05. The Morgan fingerprint density at radius 3 is 2.78 bits per heavy atom. The van der Waals surface area contributed by atoms with E-state index in [1.54, 1.807) is 12.4 Å². The second-order valence-electron chi connectivity index (χ2n) is 5.79. The Labute approximate surface area is 107 Å². The van der Waals surface area contributed by atoms with E-state index in [2.05, 4.69) is 34.4 Å². The van der Waals surface area contributed by atoms with Gasteiger partial charge in [-0.1, -0.05) is 13.8 Å². The number of hydrogen-bond acceptors (Lipinski definition) is 3. The lowest BCUT2D eigenvalue weighted by Gasteiger charge is -2.34. The van der Waals surface area contributed by atoms with Crippen molar-refractivity contribution in [3.63, 3.8) is 0 Å². The van der Waals surface area contributed by atoms with Crippen molar-refractivity contribution in [1.82, 2.24) is 14.5 Å². The molecule has 1 unspecified atom stereocenters. The van der Waals surface area contributed by atoms with E-state index in [9.17, 15) is 0 Å². The van der Waals surface area contributed by atoms with Crippen LogP contribution < -0.4 is 5.73 Å². The van der Waals surface area contributed by atoms with Crippen LogP contribution >= 0.6 is 0 Å². The molecule has 4 heteroatoms. The van der Waals surface area contributed by atoms with Crippen LogP contribution in [-0.2, 0) is 6.42 Å². The lowest BCUT2D eigenvalue weighted by atomic mass is 9.75. The molecule has 0 aromatic carbocycles. The minimum atomic E-state index is 0.119. The average Bonchev–Trinajstić information content (AvgIpc) is 2.72. The number of hydrogen-bond donors (Lipinski definition) is 1. The van der Waals surface area contributed by atoms with Gasteiger partial charge in [-0.2, -0.15) is 0 Å². The Balaban J connectivity index is 2.10. The Hall–Kier alpha value is -1.68. The van der Waals surface area contributed by atoms with Crippen molar-refractivity contribution in [2.24, 2.45) is 11.1 Å². The molecule has 2 N–H and O–H groups in total. The maximum Gasteiger partial charge on any atom is 0.233 e. The molecule has 1 aliphatic rings. The van der Waals surface area contributed by atoms with E-state index in [0.29, 0.717) is 0 Å². The number of nitrogens with two attached hydrogens (primary N) is 1. The van der Waals surface area contributed by atoms with E-state index >= 15 is 0 Å². The summed E-state index contributed by atoms with van der Waals surface area (Å²) in [5.74, 6) is 0.726. The number of rotatable bonds is 1. The predicted octanol–water partition coefficient (Wildman–Crippen LogP) is 2.24. The summed E-state index contributed by atoms with van der Waals surface area (Å²) in [4.78, 5) is 8.63. The zero-order chi connectivity index (χ0) is 12.8. The van der Waals surface area contributed by atoms with Crippen LogP contribution in [0.3, 0.4) is 0 Å². The van der Waals surface area contributed by atoms with Gasteiger partial charge in [-0.25, -0.2) is 9.97 Å². The smallest absolute Gasteiger partial charge is 0.233 e. The molecule has 0 spiro atoms. The first kappa shape index (κ1) is 11.4. The summed E-state index contributed by atoms with van der Waals surface area (Å²) in [5, 5.41) is 0. The van der Waals surface area contributed by atoms with Gasteiger partial charge < -0.3 is 5.73 Å². The minimum absolute atomic E-state index is 0.119. The summed E-state index contributed by atoms with van der Waals surface area (Å²) in [6.07, 6.45) is 7.60. The first-order valence-corrected chi connectivity index (χ1v) is 6.30. The van der Waals surface area contributed by atoms with Gasteiger partial charge >= 0.3 is 0 Å². The lowest BCUT2D eigenvalue weighted by molar-refractivity contribution is 0.278. The molecule has 2 aromatic heterocycles. The molecule has 4 nitrogen and oxygen atoms in total. The van der Waals surface area contributed by atoms with Crippen molar-refractivity contribution in [3.05, 3.63) is 42.0 Å². The molecule has 0 bridgehead atoms. The van der Waals surface area contributed by atoms with E-state index in [-0.39, 0.29) is 11.5 Å². The first-order chi connectivity index (χ1) is 8.57.